The van der Waals surface area contributed by atoms with E-state index in [9.17, 15) is 0 Å². The summed E-state index contributed by atoms with van der Waals surface area (Å²) in [4.78, 5) is 2.81. The fourth-order valence-electron chi connectivity index (χ4n) is 6.48. The van der Waals surface area contributed by atoms with Gasteiger partial charge in [-0.3, -0.25) is 0 Å². The molecule has 200 valence electrons. The highest BCUT2D eigenvalue weighted by atomic mass is 15.2. The van der Waals surface area contributed by atoms with Crippen LogP contribution in [0.4, 0.5) is 5.69 Å². The van der Waals surface area contributed by atoms with Gasteiger partial charge in [-0.2, -0.15) is 0 Å². The van der Waals surface area contributed by atoms with Crippen LogP contribution in [0.3, 0.4) is 0 Å². The molecule has 0 aromatic heterocycles. The SMILES string of the molecule is CCCCCC(C)C(C)CCCC(C)N(c1ccccc1)C1CCCCCC(C)Cc2ccccc21. The van der Waals surface area contributed by atoms with Gasteiger partial charge in [0.1, 0.15) is 0 Å². The van der Waals surface area contributed by atoms with Crippen molar-refractivity contribution in [3.63, 3.8) is 0 Å². The number of para-hydroxylation sites is 1. The van der Waals surface area contributed by atoms with Gasteiger partial charge in [-0.05, 0) is 67.2 Å². The van der Waals surface area contributed by atoms with E-state index in [1.54, 1.807) is 11.1 Å². The van der Waals surface area contributed by atoms with Crippen LogP contribution in [0.15, 0.2) is 54.6 Å². The summed E-state index contributed by atoms with van der Waals surface area (Å²) < 4.78 is 0. The van der Waals surface area contributed by atoms with Gasteiger partial charge in [-0.1, -0.05) is 134 Å². The molecule has 0 spiro atoms. The number of nitrogens with zero attached hydrogens (tertiary/aromatic N) is 1. The fourth-order valence-corrected chi connectivity index (χ4v) is 6.48. The Morgan fingerprint density at radius 1 is 0.750 bits per heavy atom. The van der Waals surface area contributed by atoms with Crippen LogP contribution in [0.5, 0.6) is 0 Å². The van der Waals surface area contributed by atoms with Crippen molar-refractivity contribution in [2.45, 2.75) is 130 Å². The number of unbranched alkanes of at least 4 members (excludes halogenated alkanes) is 2. The molecule has 1 nitrogen and oxygen atoms in total. The van der Waals surface area contributed by atoms with Gasteiger partial charge in [0.15, 0.2) is 0 Å². The number of rotatable bonds is 12. The molecule has 1 aliphatic rings. The molecule has 1 aliphatic carbocycles. The van der Waals surface area contributed by atoms with Crippen molar-refractivity contribution in [2.75, 3.05) is 4.90 Å². The molecule has 0 saturated carbocycles. The maximum absolute atomic E-state index is 2.81. The maximum atomic E-state index is 2.81. The molecule has 36 heavy (non-hydrogen) atoms. The standard InChI is InChI=1S/C35H55N/c1-6-7-10-19-29(3)30(4)20-17-21-31(5)36(33-23-12-9-13-24-33)35-26-14-8-11-18-28(2)27-32-22-15-16-25-34(32)35/h9,12-13,15-16,22-25,28-31,35H,6-8,10-11,14,17-21,26-27H2,1-5H3. The molecule has 0 heterocycles. The molecule has 0 aliphatic heterocycles. The minimum atomic E-state index is 0.467. The third-order valence-corrected chi connectivity index (χ3v) is 9.04. The third kappa shape index (κ3) is 8.67. The van der Waals surface area contributed by atoms with E-state index >= 15 is 0 Å². The van der Waals surface area contributed by atoms with Crippen molar-refractivity contribution in [1.29, 1.82) is 0 Å². The fraction of sp³-hybridized carbons (Fsp3) is 0.657. The Hall–Kier alpha value is -1.76. The third-order valence-electron chi connectivity index (χ3n) is 9.04. The molecule has 0 radical (unpaired) electrons. The van der Waals surface area contributed by atoms with E-state index in [-0.39, 0.29) is 0 Å². The van der Waals surface area contributed by atoms with E-state index in [4.69, 9.17) is 0 Å². The van der Waals surface area contributed by atoms with Gasteiger partial charge >= 0.3 is 0 Å². The minimum Gasteiger partial charge on any atom is -0.362 e. The number of hydrogen-bond donors (Lipinski definition) is 0. The van der Waals surface area contributed by atoms with Gasteiger partial charge in [0, 0.05) is 11.7 Å². The topological polar surface area (TPSA) is 3.24 Å². The molecule has 5 atom stereocenters. The normalized spacial score (nSPS) is 21.2. The van der Waals surface area contributed by atoms with Gasteiger partial charge in [-0.25, -0.2) is 0 Å². The first-order valence-corrected chi connectivity index (χ1v) is 15.4. The van der Waals surface area contributed by atoms with Crippen LogP contribution < -0.4 is 4.90 Å². The van der Waals surface area contributed by atoms with E-state index in [1.807, 2.05) is 0 Å². The van der Waals surface area contributed by atoms with Gasteiger partial charge in [0.25, 0.3) is 0 Å². The van der Waals surface area contributed by atoms with Crippen LogP contribution in [0.25, 0.3) is 0 Å². The Bertz CT molecular complexity index is 843. The number of fused-ring (bicyclic) bond motifs is 1. The highest BCUT2D eigenvalue weighted by Gasteiger charge is 2.28. The zero-order chi connectivity index (χ0) is 25.8. The molecule has 0 bridgehead atoms. The highest BCUT2D eigenvalue weighted by molar-refractivity contribution is 5.51. The minimum absolute atomic E-state index is 0.467. The van der Waals surface area contributed by atoms with Crippen molar-refractivity contribution in [3.05, 3.63) is 65.7 Å². The van der Waals surface area contributed by atoms with E-state index < -0.39 is 0 Å². The van der Waals surface area contributed by atoms with Crippen LogP contribution >= 0.6 is 0 Å². The Balaban J connectivity index is 1.78. The molecular formula is C35H55N. The average Bonchev–Trinajstić information content (AvgIpc) is 2.88. The lowest BCUT2D eigenvalue weighted by atomic mass is 9.85. The Kier molecular flexibility index (Phi) is 12.4. The van der Waals surface area contributed by atoms with Crippen LogP contribution in [0.1, 0.15) is 129 Å². The summed E-state index contributed by atoms with van der Waals surface area (Å²) in [5.74, 6) is 2.45. The summed E-state index contributed by atoms with van der Waals surface area (Å²) in [5.41, 5.74) is 4.57. The maximum Gasteiger partial charge on any atom is 0.0548 e. The first-order chi connectivity index (χ1) is 17.5. The molecule has 0 saturated heterocycles. The molecule has 2 aromatic carbocycles. The molecule has 0 N–H and O–H groups in total. The summed E-state index contributed by atoms with van der Waals surface area (Å²) in [5, 5.41) is 0. The molecule has 0 amide bonds. The van der Waals surface area contributed by atoms with Crippen LogP contribution in [0.2, 0.25) is 0 Å². The predicted octanol–water partition coefficient (Wildman–Crippen LogP) is 10.8. The van der Waals surface area contributed by atoms with E-state index in [2.05, 4.69) is 94.1 Å². The summed E-state index contributed by atoms with van der Waals surface area (Å²) >= 11 is 0. The lowest BCUT2D eigenvalue weighted by molar-refractivity contribution is 0.319. The zero-order valence-corrected chi connectivity index (χ0v) is 24.2. The second-order valence-electron chi connectivity index (χ2n) is 12.1. The second kappa shape index (κ2) is 15.5. The van der Waals surface area contributed by atoms with Gasteiger partial charge in [0.05, 0.1) is 6.04 Å². The number of benzene rings is 2. The summed E-state index contributed by atoms with van der Waals surface area (Å²) in [6.45, 7) is 12.2. The molecule has 5 unspecified atom stereocenters. The predicted molar refractivity (Wildman–Crippen MR) is 160 cm³/mol. The quantitative estimate of drug-likeness (QED) is 0.268. The average molecular weight is 490 g/mol. The summed E-state index contributed by atoms with van der Waals surface area (Å²) in [6.07, 6.45) is 17.4. The van der Waals surface area contributed by atoms with Crippen molar-refractivity contribution in [3.8, 4) is 0 Å². The number of hydrogen-bond acceptors (Lipinski definition) is 1. The lowest BCUT2D eigenvalue weighted by Gasteiger charge is -2.41. The van der Waals surface area contributed by atoms with E-state index in [1.165, 1.54) is 89.2 Å². The lowest BCUT2D eigenvalue weighted by Crippen LogP contribution is -2.37. The van der Waals surface area contributed by atoms with E-state index in [0.29, 0.717) is 12.1 Å². The van der Waals surface area contributed by atoms with Gasteiger partial charge in [0.2, 0.25) is 0 Å². The van der Waals surface area contributed by atoms with Crippen LogP contribution in [-0.2, 0) is 6.42 Å². The van der Waals surface area contributed by atoms with Crippen LogP contribution in [-0.4, -0.2) is 6.04 Å². The Morgan fingerprint density at radius 3 is 2.17 bits per heavy atom. The van der Waals surface area contributed by atoms with Crippen molar-refractivity contribution in [2.24, 2.45) is 17.8 Å². The van der Waals surface area contributed by atoms with Gasteiger partial charge in [-0.15, -0.1) is 0 Å². The van der Waals surface area contributed by atoms with Crippen LogP contribution in [0, 0.1) is 17.8 Å². The summed E-state index contributed by atoms with van der Waals surface area (Å²) in [6, 6.07) is 21.7. The first-order valence-electron chi connectivity index (χ1n) is 15.4. The second-order valence-corrected chi connectivity index (χ2v) is 12.1. The summed E-state index contributed by atoms with van der Waals surface area (Å²) in [7, 11) is 0. The smallest absolute Gasteiger partial charge is 0.0548 e. The molecule has 2 aromatic rings. The number of anilines is 1. The van der Waals surface area contributed by atoms with Crippen molar-refractivity contribution < 1.29 is 0 Å². The zero-order valence-electron chi connectivity index (χ0n) is 24.2. The van der Waals surface area contributed by atoms with Gasteiger partial charge < -0.3 is 4.90 Å². The molecule has 0 fully saturated rings. The molecule has 1 heteroatoms. The molecular weight excluding hydrogens is 434 g/mol. The first kappa shape index (κ1) is 28.8. The monoisotopic (exact) mass is 489 g/mol. The largest absolute Gasteiger partial charge is 0.362 e. The molecule has 3 rings (SSSR count). The Labute approximate surface area is 224 Å². The van der Waals surface area contributed by atoms with E-state index in [0.717, 1.165) is 17.8 Å². The Morgan fingerprint density at radius 2 is 1.42 bits per heavy atom. The van der Waals surface area contributed by atoms with Crippen molar-refractivity contribution >= 4 is 5.69 Å². The van der Waals surface area contributed by atoms with Crippen molar-refractivity contribution in [1.82, 2.24) is 0 Å². The highest BCUT2D eigenvalue weighted by Crippen LogP contribution is 2.38.